The molecular weight excluding hydrogens is 322 g/mol. The molecule has 130 valence electrons. The highest BCUT2D eigenvalue weighted by Crippen LogP contribution is 2.44. The molecule has 3 N–H and O–H groups in total. The Hall–Kier alpha value is -2.70. The summed E-state index contributed by atoms with van der Waals surface area (Å²) in [5.74, 6) is -2.42. The second kappa shape index (κ2) is 7.46. The summed E-state index contributed by atoms with van der Waals surface area (Å²) in [6.07, 6.45) is -1.66. The number of carboxylic acids is 1. The van der Waals surface area contributed by atoms with E-state index >= 15 is 0 Å². The maximum absolute atomic E-state index is 12.1. The Bertz CT molecular complexity index is 743. The Morgan fingerprint density at radius 3 is 2.12 bits per heavy atom. The van der Waals surface area contributed by atoms with E-state index in [2.05, 4.69) is 0 Å². The van der Waals surface area contributed by atoms with Crippen molar-refractivity contribution in [3.05, 3.63) is 59.7 Å². The van der Waals surface area contributed by atoms with Crippen LogP contribution in [0.5, 0.6) is 0 Å². The Morgan fingerprint density at radius 2 is 1.60 bits per heavy atom. The van der Waals surface area contributed by atoms with Crippen molar-refractivity contribution in [2.24, 2.45) is 5.73 Å². The molecule has 3 rings (SSSR count). The summed E-state index contributed by atoms with van der Waals surface area (Å²) in [6, 6.07) is 15.8. The number of esters is 1. The number of nitrogens with two attached hydrogens (primary N) is 1. The summed E-state index contributed by atoms with van der Waals surface area (Å²) in [6.45, 7) is 0.157. The summed E-state index contributed by atoms with van der Waals surface area (Å²) in [7, 11) is 0. The van der Waals surface area contributed by atoms with Gasteiger partial charge in [0.25, 0.3) is 6.10 Å². The fourth-order valence-corrected chi connectivity index (χ4v) is 3.11. The molecule has 6 heteroatoms. The smallest absolute Gasteiger partial charge is 0.347 e. The zero-order valence-corrected chi connectivity index (χ0v) is 13.6. The molecule has 2 aromatic carbocycles. The lowest BCUT2D eigenvalue weighted by molar-refractivity contribution is -0.169. The second-order valence-electron chi connectivity index (χ2n) is 5.73. The van der Waals surface area contributed by atoms with Crippen LogP contribution in [0.4, 0.5) is 0 Å². The third kappa shape index (κ3) is 3.40. The van der Waals surface area contributed by atoms with Crippen LogP contribution in [0.15, 0.2) is 48.5 Å². The van der Waals surface area contributed by atoms with Crippen molar-refractivity contribution in [3.8, 4) is 11.1 Å². The Labute approximate surface area is 145 Å². The van der Waals surface area contributed by atoms with Crippen LogP contribution in [0.3, 0.4) is 0 Å². The number of ether oxygens (including phenoxy) is 2. The largest absolute Gasteiger partial charge is 0.479 e. The molecule has 6 nitrogen and oxygen atoms in total. The fourth-order valence-electron chi connectivity index (χ4n) is 3.11. The lowest BCUT2D eigenvalue weighted by Gasteiger charge is -2.17. The number of hydrogen-bond acceptors (Lipinski definition) is 5. The molecule has 1 aliphatic rings. The molecule has 1 unspecified atom stereocenters. The first-order valence-corrected chi connectivity index (χ1v) is 8.02. The molecule has 0 fully saturated rings. The number of aliphatic carboxylic acids is 1. The Kier molecular flexibility index (Phi) is 5.11. The number of carboxylic acid groups (broad SMARTS) is 1. The highest BCUT2D eigenvalue weighted by atomic mass is 16.6. The van der Waals surface area contributed by atoms with E-state index in [0.717, 1.165) is 22.3 Å². The van der Waals surface area contributed by atoms with Crippen molar-refractivity contribution in [3.63, 3.8) is 0 Å². The van der Waals surface area contributed by atoms with Gasteiger partial charge < -0.3 is 20.3 Å². The first-order chi connectivity index (χ1) is 12.1. The summed E-state index contributed by atoms with van der Waals surface area (Å²) in [5, 5.41) is 9.11. The van der Waals surface area contributed by atoms with E-state index < -0.39 is 18.0 Å². The van der Waals surface area contributed by atoms with E-state index in [0.29, 0.717) is 0 Å². The van der Waals surface area contributed by atoms with Crippen LogP contribution >= 0.6 is 0 Å². The average Bonchev–Trinajstić information content (AvgIpc) is 2.94. The second-order valence-corrected chi connectivity index (χ2v) is 5.73. The molecule has 0 heterocycles. The molecule has 0 spiro atoms. The van der Waals surface area contributed by atoms with Gasteiger partial charge in [-0.05, 0) is 22.3 Å². The van der Waals surface area contributed by atoms with E-state index in [-0.39, 0.29) is 25.7 Å². The van der Waals surface area contributed by atoms with Crippen LogP contribution in [-0.2, 0) is 19.1 Å². The van der Waals surface area contributed by atoms with Gasteiger partial charge in [0.1, 0.15) is 6.61 Å². The van der Waals surface area contributed by atoms with Gasteiger partial charge in [-0.1, -0.05) is 48.5 Å². The molecule has 0 aromatic heterocycles. The van der Waals surface area contributed by atoms with E-state index in [1.165, 1.54) is 0 Å². The highest BCUT2D eigenvalue weighted by molar-refractivity contribution is 5.97. The van der Waals surface area contributed by atoms with Crippen LogP contribution in [0, 0.1) is 0 Å². The van der Waals surface area contributed by atoms with Gasteiger partial charge in [0, 0.05) is 12.5 Å². The number of benzene rings is 2. The molecule has 0 bridgehead atoms. The molecule has 0 aliphatic heterocycles. The minimum atomic E-state index is -1.66. The third-order valence-corrected chi connectivity index (χ3v) is 4.20. The number of hydrogen-bond donors (Lipinski definition) is 2. The molecule has 2 aromatic rings. The predicted molar refractivity (Wildman–Crippen MR) is 91.1 cm³/mol. The summed E-state index contributed by atoms with van der Waals surface area (Å²) >= 11 is 0. The zero-order chi connectivity index (χ0) is 17.8. The van der Waals surface area contributed by atoms with Crippen molar-refractivity contribution < 1.29 is 24.2 Å². The van der Waals surface area contributed by atoms with Gasteiger partial charge in [-0.15, -0.1) is 0 Å². The molecule has 1 aliphatic carbocycles. The van der Waals surface area contributed by atoms with Crippen LogP contribution < -0.4 is 5.73 Å². The van der Waals surface area contributed by atoms with E-state index in [4.69, 9.17) is 20.3 Å². The van der Waals surface area contributed by atoms with Gasteiger partial charge in [-0.2, -0.15) is 0 Å². The maximum Gasteiger partial charge on any atom is 0.347 e. The van der Waals surface area contributed by atoms with Gasteiger partial charge in [-0.25, -0.2) is 9.59 Å². The van der Waals surface area contributed by atoms with Gasteiger partial charge in [0.05, 0.1) is 6.61 Å². The van der Waals surface area contributed by atoms with Crippen LogP contribution in [0.1, 0.15) is 17.0 Å². The van der Waals surface area contributed by atoms with Crippen LogP contribution in [0.25, 0.3) is 11.1 Å². The van der Waals surface area contributed by atoms with Crippen molar-refractivity contribution in [2.75, 3.05) is 19.8 Å². The maximum atomic E-state index is 12.1. The third-order valence-electron chi connectivity index (χ3n) is 4.20. The molecule has 0 amide bonds. The Morgan fingerprint density at radius 1 is 1.04 bits per heavy atom. The SMILES string of the molecule is NCCOC(C(=O)O)C(=O)OCC1c2ccccc2-c2ccccc21. The average molecular weight is 341 g/mol. The molecule has 0 saturated carbocycles. The normalized spacial score (nSPS) is 13.8. The van der Waals surface area contributed by atoms with Crippen LogP contribution in [-0.4, -0.2) is 42.9 Å². The molecule has 1 atom stereocenters. The number of rotatable bonds is 7. The monoisotopic (exact) mass is 341 g/mol. The minimum Gasteiger partial charge on any atom is -0.479 e. The first kappa shape index (κ1) is 17.1. The quantitative estimate of drug-likeness (QED) is 0.588. The highest BCUT2D eigenvalue weighted by Gasteiger charge is 2.32. The molecular formula is C19H19NO5. The number of fused-ring (bicyclic) bond motifs is 3. The van der Waals surface area contributed by atoms with Crippen molar-refractivity contribution in [1.82, 2.24) is 0 Å². The van der Waals surface area contributed by atoms with Crippen molar-refractivity contribution in [1.29, 1.82) is 0 Å². The lowest BCUT2D eigenvalue weighted by Crippen LogP contribution is -2.36. The molecule has 25 heavy (non-hydrogen) atoms. The number of carbonyl (C=O) groups excluding carboxylic acids is 1. The summed E-state index contributed by atoms with van der Waals surface area (Å²) < 4.78 is 10.2. The van der Waals surface area contributed by atoms with Gasteiger partial charge in [0.2, 0.25) is 0 Å². The summed E-state index contributed by atoms with van der Waals surface area (Å²) in [4.78, 5) is 23.3. The van der Waals surface area contributed by atoms with Gasteiger partial charge in [0.15, 0.2) is 0 Å². The van der Waals surface area contributed by atoms with Gasteiger partial charge >= 0.3 is 11.9 Å². The van der Waals surface area contributed by atoms with E-state index in [1.54, 1.807) is 0 Å². The molecule has 0 radical (unpaired) electrons. The van der Waals surface area contributed by atoms with Gasteiger partial charge in [-0.3, -0.25) is 0 Å². The van der Waals surface area contributed by atoms with Crippen molar-refractivity contribution in [2.45, 2.75) is 12.0 Å². The molecule has 0 saturated heterocycles. The Balaban J connectivity index is 1.77. The zero-order valence-electron chi connectivity index (χ0n) is 13.6. The number of carbonyl (C=O) groups is 2. The fraction of sp³-hybridized carbons (Fsp3) is 0.263. The standard InChI is InChI=1S/C19H19NO5/c20-9-10-24-17(18(21)22)19(23)25-11-16-14-7-3-1-5-12(14)13-6-2-4-8-15(13)16/h1-8,16-17H,9-11,20H2,(H,21,22). The van der Waals surface area contributed by atoms with E-state index in [9.17, 15) is 9.59 Å². The van der Waals surface area contributed by atoms with Crippen molar-refractivity contribution >= 4 is 11.9 Å². The lowest BCUT2D eigenvalue weighted by atomic mass is 9.98. The summed E-state index contributed by atoms with van der Waals surface area (Å²) in [5.41, 5.74) is 9.62. The topological polar surface area (TPSA) is 98.9 Å². The minimum absolute atomic E-state index is 0.0266. The first-order valence-electron chi connectivity index (χ1n) is 8.02. The van der Waals surface area contributed by atoms with E-state index in [1.807, 2.05) is 48.5 Å². The predicted octanol–water partition coefficient (Wildman–Crippen LogP) is 1.77. The van der Waals surface area contributed by atoms with Crippen LogP contribution in [0.2, 0.25) is 0 Å².